The first-order valence-electron chi connectivity index (χ1n) is 7.52. The molecule has 3 unspecified atom stereocenters. The van der Waals surface area contributed by atoms with Crippen LogP contribution in [0.4, 0.5) is 5.82 Å². The van der Waals surface area contributed by atoms with Gasteiger partial charge in [0.2, 0.25) is 5.91 Å². The number of nitrogens with two attached hydrogens (primary N) is 1. The molecule has 0 spiro atoms. The van der Waals surface area contributed by atoms with Crippen molar-refractivity contribution in [3.05, 3.63) is 23.9 Å². The highest BCUT2D eigenvalue weighted by atomic mass is 35.5. The summed E-state index contributed by atoms with van der Waals surface area (Å²) in [7, 11) is 0. The minimum Gasteiger partial charge on any atom is -0.377 e. The van der Waals surface area contributed by atoms with Crippen molar-refractivity contribution in [3.8, 4) is 0 Å². The van der Waals surface area contributed by atoms with Crippen molar-refractivity contribution >= 4 is 36.5 Å². The summed E-state index contributed by atoms with van der Waals surface area (Å²) in [5.74, 6) is 0.480. The zero-order valence-electron chi connectivity index (χ0n) is 13.7. The van der Waals surface area contributed by atoms with Crippen LogP contribution in [-0.2, 0) is 9.53 Å². The standard InChI is InChI=1S/C16H23N3O2.2ClH/c1-10-6-7-12(18-9-10)19-14(20)16(17)11-5-4-8-21-13(11)15(16,2)3;;/h6-7,9,11,13H,4-5,8,17H2,1-3H3,(H,18,19,20);2*1H. The van der Waals surface area contributed by atoms with Crippen molar-refractivity contribution < 1.29 is 9.53 Å². The Hall–Kier alpha value is -0.880. The number of anilines is 1. The van der Waals surface area contributed by atoms with Gasteiger partial charge in [-0.3, -0.25) is 4.79 Å². The molecular formula is C16H25Cl2N3O2. The molecule has 1 aliphatic carbocycles. The van der Waals surface area contributed by atoms with Crippen molar-refractivity contribution in [2.45, 2.75) is 45.3 Å². The van der Waals surface area contributed by atoms with Gasteiger partial charge in [-0.1, -0.05) is 19.9 Å². The highest BCUT2D eigenvalue weighted by Gasteiger charge is 2.70. The van der Waals surface area contributed by atoms with Crippen molar-refractivity contribution in [3.63, 3.8) is 0 Å². The van der Waals surface area contributed by atoms with E-state index in [9.17, 15) is 4.79 Å². The second-order valence-electron chi connectivity index (χ2n) is 6.81. The van der Waals surface area contributed by atoms with E-state index in [2.05, 4.69) is 10.3 Å². The zero-order valence-corrected chi connectivity index (χ0v) is 15.3. The average Bonchev–Trinajstić information content (AvgIpc) is 2.48. The van der Waals surface area contributed by atoms with Gasteiger partial charge in [-0.25, -0.2) is 4.98 Å². The molecule has 2 aliphatic rings. The number of ether oxygens (including phenoxy) is 1. The third-order valence-electron chi connectivity index (χ3n) is 5.21. The maximum absolute atomic E-state index is 12.7. The van der Waals surface area contributed by atoms with Crippen molar-refractivity contribution in [1.29, 1.82) is 0 Å². The van der Waals surface area contributed by atoms with Gasteiger partial charge < -0.3 is 15.8 Å². The number of pyridine rings is 1. The Balaban J connectivity index is 0.00000132. The van der Waals surface area contributed by atoms with Gasteiger partial charge in [0.05, 0.1) is 6.10 Å². The maximum Gasteiger partial charge on any atom is 0.246 e. The topological polar surface area (TPSA) is 77.2 Å². The molecule has 3 rings (SSSR count). The normalized spacial score (nSPS) is 30.8. The predicted octanol–water partition coefficient (Wildman–Crippen LogP) is 2.70. The number of nitrogens with one attached hydrogen (secondary N) is 1. The quantitative estimate of drug-likeness (QED) is 0.848. The van der Waals surface area contributed by atoms with Gasteiger partial charge >= 0.3 is 0 Å². The van der Waals surface area contributed by atoms with Crippen molar-refractivity contribution in [2.24, 2.45) is 17.1 Å². The number of hydrogen-bond donors (Lipinski definition) is 2. The Morgan fingerprint density at radius 3 is 2.70 bits per heavy atom. The summed E-state index contributed by atoms with van der Waals surface area (Å²) in [6, 6.07) is 3.72. The monoisotopic (exact) mass is 361 g/mol. The molecule has 0 aromatic carbocycles. The SMILES string of the molecule is Cc1ccc(NC(=O)C2(N)C3CCCOC3C2(C)C)nc1.Cl.Cl. The summed E-state index contributed by atoms with van der Waals surface area (Å²) < 4.78 is 5.83. The molecule has 1 aromatic heterocycles. The Labute approximate surface area is 149 Å². The van der Waals surface area contributed by atoms with E-state index >= 15 is 0 Å². The number of carbonyl (C=O) groups is 1. The van der Waals surface area contributed by atoms with E-state index < -0.39 is 5.54 Å². The van der Waals surface area contributed by atoms with Crippen LogP contribution in [0.1, 0.15) is 32.3 Å². The Bertz CT molecular complexity index is 565. The molecule has 7 heteroatoms. The van der Waals surface area contributed by atoms with Crippen LogP contribution >= 0.6 is 24.8 Å². The number of amides is 1. The fourth-order valence-electron chi connectivity index (χ4n) is 3.80. The van der Waals surface area contributed by atoms with Crippen LogP contribution in [0.15, 0.2) is 18.3 Å². The number of nitrogens with zero attached hydrogens (tertiary/aromatic N) is 1. The molecule has 2 fully saturated rings. The minimum atomic E-state index is -0.898. The number of halogens is 2. The fourth-order valence-corrected chi connectivity index (χ4v) is 3.80. The Morgan fingerprint density at radius 1 is 1.39 bits per heavy atom. The van der Waals surface area contributed by atoms with Gasteiger partial charge in [-0.05, 0) is 31.4 Å². The number of aromatic nitrogens is 1. The van der Waals surface area contributed by atoms with E-state index in [-0.39, 0.29) is 48.2 Å². The lowest BCUT2D eigenvalue weighted by Gasteiger charge is -2.65. The molecule has 1 aromatic rings. The highest BCUT2D eigenvalue weighted by molar-refractivity contribution is 5.99. The lowest BCUT2D eigenvalue weighted by atomic mass is 9.46. The van der Waals surface area contributed by atoms with Crippen LogP contribution in [-0.4, -0.2) is 29.1 Å². The van der Waals surface area contributed by atoms with Crippen LogP contribution in [0.5, 0.6) is 0 Å². The summed E-state index contributed by atoms with van der Waals surface area (Å²) in [6.07, 6.45) is 3.72. The largest absolute Gasteiger partial charge is 0.377 e. The summed E-state index contributed by atoms with van der Waals surface area (Å²) >= 11 is 0. The first kappa shape index (κ1) is 20.2. The van der Waals surface area contributed by atoms with Gasteiger partial charge in [0.25, 0.3) is 0 Å². The molecule has 3 atom stereocenters. The first-order valence-corrected chi connectivity index (χ1v) is 7.52. The van der Waals surface area contributed by atoms with E-state index in [4.69, 9.17) is 10.5 Å². The van der Waals surface area contributed by atoms with E-state index in [0.717, 1.165) is 25.0 Å². The van der Waals surface area contributed by atoms with Gasteiger partial charge in [0, 0.05) is 24.1 Å². The first-order chi connectivity index (χ1) is 9.87. The predicted molar refractivity (Wildman–Crippen MR) is 95.3 cm³/mol. The van der Waals surface area contributed by atoms with Gasteiger partial charge in [-0.2, -0.15) is 0 Å². The molecule has 3 N–H and O–H groups in total. The summed E-state index contributed by atoms with van der Waals surface area (Å²) in [6.45, 7) is 6.76. The average molecular weight is 362 g/mol. The molecule has 1 saturated carbocycles. The number of rotatable bonds is 2. The lowest BCUT2D eigenvalue weighted by molar-refractivity contribution is -0.222. The summed E-state index contributed by atoms with van der Waals surface area (Å²) in [5.41, 5.74) is 6.33. The number of carbonyl (C=O) groups excluding carboxylic acids is 1. The third-order valence-corrected chi connectivity index (χ3v) is 5.21. The molecule has 1 aliphatic heterocycles. The van der Waals surface area contributed by atoms with Crippen molar-refractivity contribution in [2.75, 3.05) is 11.9 Å². The van der Waals surface area contributed by atoms with Crippen molar-refractivity contribution in [1.82, 2.24) is 4.98 Å². The summed E-state index contributed by atoms with van der Waals surface area (Å²) in [4.78, 5) is 17.0. The molecule has 130 valence electrons. The summed E-state index contributed by atoms with van der Waals surface area (Å²) in [5, 5.41) is 2.87. The van der Waals surface area contributed by atoms with Crippen LogP contribution < -0.4 is 11.1 Å². The van der Waals surface area contributed by atoms with Crippen LogP contribution in [0.25, 0.3) is 0 Å². The Kier molecular flexibility index (Phi) is 6.08. The van der Waals surface area contributed by atoms with Crippen LogP contribution in [0.3, 0.4) is 0 Å². The maximum atomic E-state index is 12.7. The fraction of sp³-hybridized carbons (Fsp3) is 0.625. The van der Waals surface area contributed by atoms with Gasteiger partial charge in [0.1, 0.15) is 11.4 Å². The van der Waals surface area contributed by atoms with Crippen LogP contribution in [0, 0.1) is 18.3 Å². The third kappa shape index (κ3) is 2.95. The molecular weight excluding hydrogens is 337 g/mol. The molecule has 1 saturated heterocycles. The molecule has 1 amide bonds. The van der Waals surface area contributed by atoms with E-state index in [0.29, 0.717) is 5.82 Å². The zero-order chi connectivity index (χ0) is 15.3. The smallest absolute Gasteiger partial charge is 0.246 e. The van der Waals surface area contributed by atoms with Gasteiger partial charge in [0.15, 0.2) is 0 Å². The van der Waals surface area contributed by atoms with Crippen LogP contribution in [0.2, 0.25) is 0 Å². The second-order valence-corrected chi connectivity index (χ2v) is 6.81. The molecule has 0 radical (unpaired) electrons. The molecule has 2 heterocycles. The number of hydrogen-bond acceptors (Lipinski definition) is 4. The lowest BCUT2D eigenvalue weighted by Crippen LogP contribution is -2.81. The molecule has 23 heavy (non-hydrogen) atoms. The van der Waals surface area contributed by atoms with E-state index in [1.54, 1.807) is 12.3 Å². The van der Waals surface area contributed by atoms with Gasteiger partial charge in [-0.15, -0.1) is 24.8 Å². The molecule has 0 bridgehead atoms. The minimum absolute atomic E-state index is 0. The van der Waals surface area contributed by atoms with E-state index in [1.165, 1.54) is 0 Å². The molecule has 5 nitrogen and oxygen atoms in total. The van der Waals surface area contributed by atoms with E-state index in [1.807, 2.05) is 26.8 Å². The number of fused-ring (bicyclic) bond motifs is 1. The Morgan fingerprint density at radius 2 is 2.09 bits per heavy atom. The second kappa shape index (κ2) is 6.93. The highest BCUT2D eigenvalue weighted by Crippen LogP contribution is 2.57. The number of aryl methyl sites for hydroxylation is 1.